The van der Waals surface area contributed by atoms with Gasteiger partial charge in [-0.1, -0.05) is 41.4 Å². The van der Waals surface area contributed by atoms with Crippen molar-refractivity contribution < 1.29 is 13.2 Å². The Bertz CT molecular complexity index is 1470. The van der Waals surface area contributed by atoms with Crippen molar-refractivity contribution in [3.05, 3.63) is 99.3 Å². The van der Waals surface area contributed by atoms with Gasteiger partial charge in [0, 0.05) is 21.4 Å². The molecule has 11 heteroatoms. The van der Waals surface area contributed by atoms with Gasteiger partial charge in [0.2, 0.25) is 0 Å². The summed E-state index contributed by atoms with van der Waals surface area (Å²) in [6.07, 6.45) is -3.16. The summed E-state index contributed by atoms with van der Waals surface area (Å²) in [4.78, 5) is 8.27. The topological polar surface area (TPSA) is 99.6 Å². The summed E-state index contributed by atoms with van der Waals surface area (Å²) < 4.78 is 38.5. The number of nitrogens with two attached hydrogens (primary N) is 1. The monoisotopic (exact) mass is 542 g/mol. The highest BCUT2D eigenvalue weighted by Gasteiger charge is 2.30. The number of nitriles is 1. The van der Waals surface area contributed by atoms with Crippen LogP contribution in [0.5, 0.6) is 0 Å². The number of benzene rings is 3. The summed E-state index contributed by atoms with van der Waals surface area (Å²) in [7, 11) is 0. The van der Waals surface area contributed by atoms with E-state index in [2.05, 4.69) is 26.7 Å². The minimum atomic E-state index is -4.43. The predicted molar refractivity (Wildman–Crippen MR) is 140 cm³/mol. The quantitative estimate of drug-likeness (QED) is 0.229. The summed E-state index contributed by atoms with van der Waals surface area (Å²) in [6, 6.07) is 17.3. The first-order chi connectivity index (χ1) is 17.6. The molecule has 188 valence electrons. The lowest BCUT2D eigenvalue weighted by Gasteiger charge is -2.17. The van der Waals surface area contributed by atoms with Crippen LogP contribution in [0.1, 0.15) is 28.2 Å². The van der Waals surface area contributed by atoms with E-state index in [1.54, 1.807) is 30.3 Å². The molecule has 0 saturated carbocycles. The fourth-order valence-electron chi connectivity index (χ4n) is 3.64. The molecule has 0 radical (unpaired) electrons. The summed E-state index contributed by atoms with van der Waals surface area (Å²) in [6.45, 7) is 1.84. The van der Waals surface area contributed by atoms with Crippen LogP contribution in [0, 0.1) is 18.3 Å². The first-order valence-electron chi connectivity index (χ1n) is 10.8. The highest BCUT2D eigenvalue weighted by molar-refractivity contribution is 6.32. The van der Waals surface area contributed by atoms with E-state index in [9.17, 15) is 18.4 Å². The zero-order valence-electron chi connectivity index (χ0n) is 19.2. The maximum absolute atomic E-state index is 12.8. The molecule has 3 aromatic carbocycles. The minimum absolute atomic E-state index is 0.151. The highest BCUT2D eigenvalue weighted by atomic mass is 35.5. The number of halogens is 5. The van der Waals surface area contributed by atoms with Crippen molar-refractivity contribution in [2.75, 3.05) is 16.4 Å². The number of aryl methyl sites for hydroxylation is 1. The van der Waals surface area contributed by atoms with Crippen molar-refractivity contribution in [3.63, 3.8) is 0 Å². The number of hydrogen-bond donors (Lipinski definition) is 3. The lowest BCUT2D eigenvalue weighted by atomic mass is 9.91. The van der Waals surface area contributed by atoms with E-state index in [0.29, 0.717) is 27.0 Å². The van der Waals surface area contributed by atoms with E-state index in [4.69, 9.17) is 28.9 Å². The highest BCUT2D eigenvalue weighted by Crippen LogP contribution is 2.37. The third kappa shape index (κ3) is 5.88. The third-order valence-electron chi connectivity index (χ3n) is 5.60. The molecule has 1 atom stereocenters. The molecule has 0 fully saturated rings. The number of nitrogen functional groups attached to an aromatic ring is 1. The van der Waals surface area contributed by atoms with Crippen molar-refractivity contribution in [1.82, 2.24) is 9.97 Å². The van der Waals surface area contributed by atoms with Gasteiger partial charge in [-0.15, -0.1) is 0 Å². The largest absolute Gasteiger partial charge is 0.416 e. The van der Waals surface area contributed by atoms with Gasteiger partial charge in [-0.2, -0.15) is 18.4 Å². The number of aromatic nitrogens is 2. The van der Waals surface area contributed by atoms with Crippen molar-refractivity contribution >= 4 is 51.9 Å². The fourth-order valence-corrected chi connectivity index (χ4v) is 4.04. The van der Waals surface area contributed by atoms with Crippen LogP contribution in [-0.2, 0) is 6.18 Å². The van der Waals surface area contributed by atoms with Crippen LogP contribution in [0.4, 0.5) is 41.9 Å². The van der Waals surface area contributed by atoms with Crippen molar-refractivity contribution in [3.8, 4) is 6.07 Å². The Morgan fingerprint density at radius 3 is 2.16 bits per heavy atom. The molecule has 0 aliphatic rings. The average Bonchev–Trinajstić information content (AvgIpc) is 2.85. The van der Waals surface area contributed by atoms with Crippen molar-refractivity contribution in [1.29, 1.82) is 5.26 Å². The van der Waals surface area contributed by atoms with Crippen LogP contribution >= 0.6 is 23.2 Å². The molecule has 0 amide bonds. The zero-order chi connectivity index (χ0) is 26.7. The Hall–Kier alpha value is -4.00. The number of rotatable bonds is 6. The maximum atomic E-state index is 12.8. The number of anilines is 5. The van der Waals surface area contributed by atoms with E-state index < -0.39 is 17.7 Å². The lowest BCUT2D eigenvalue weighted by molar-refractivity contribution is -0.137. The molecule has 4 rings (SSSR count). The van der Waals surface area contributed by atoms with Crippen LogP contribution in [0.15, 0.2) is 67.0 Å². The normalized spacial score (nSPS) is 12.0. The molecule has 1 unspecified atom stereocenters. The number of nitrogens with zero attached hydrogens (tertiary/aromatic N) is 3. The molecule has 0 bridgehead atoms. The Kier molecular flexibility index (Phi) is 7.43. The zero-order valence-corrected chi connectivity index (χ0v) is 20.7. The Morgan fingerprint density at radius 1 is 0.946 bits per heavy atom. The maximum Gasteiger partial charge on any atom is 0.416 e. The molecule has 37 heavy (non-hydrogen) atoms. The first kappa shape index (κ1) is 26.1. The molecule has 4 aromatic rings. The molecule has 0 aliphatic carbocycles. The van der Waals surface area contributed by atoms with Gasteiger partial charge < -0.3 is 16.4 Å². The molecular weight excluding hydrogens is 524 g/mol. The number of hydrogen-bond acceptors (Lipinski definition) is 6. The van der Waals surface area contributed by atoms with Gasteiger partial charge in [0.25, 0.3) is 0 Å². The van der Waals surface area contributed by atoms with E-state index in [1.807, 2.05) is 13.0 Å². The second-order valence-electron chi connectivity index (χ2n) is 8.11. The molecule has 6 nitrogen and oxygen atoms in total. The van der Waals surface area contributed by atoms with E-state index >= 15 is 0 Å². The van der Waals surface area contributed by atoms with Crippen LogP contribution in [0.2, 0.25) is 10.0 Å². The molecule has 1 heterocycles. The smallest absolute Gasteiger partial charge is 0.393 e. The lowest BCUT2D eigenvalue weighted by Crippen LogP contribution is -2.07. The van der Waals surface area contributed by atoms with Crippen molar-refractivity contribution in [2.24, 2.45) is 0 Å². The number of nitrogens with one attached hydrogen (secondary N) is 2. The summed E-state index contributed by atoms with van der Waals surface area (Å²) in [5.41, 5.74) is 8.78. The second kappa shape index (κ2) is 10.5. The van der Waals surface area contributed by atoms with Gasteiger partial charge in [-0.3, -0.25) is 0 Å². The van der Waals surface area contributed by atoms with Crippen LogP contribution in [0.3, 0.4) is 0 Å². The second-order valence-corrected chi connectivity index (χ2v) is 8.96. The van der Waals surface area contributed by atoms with Gasteiger partial charge in [-0.05, 0) is 66.1 Å². The standard InChI is InChI=1S/C26H19Cl2F3N6/c1-14-10-19(20(12-32)15-2-6-17(27)7-3-15)21(28)11-22(14)37-25-23(33)24(34-13-35-25)36-18-8-4-16(5-9-18)26(29,30)31/h2-11,13,20H,33H2,1H3,(H2,34,35,36,37). The molecule has 4 N–H and O–H groups in total. The van der Waals surface area contributed by atoms with Crippen LogP contribution in [0.25, 0.3) is 0 Å². The molecule has 1 aromatic heterocycles. The summed E-state index contributed by atoms with van der Waals surface area (Å²) in [5.74, 6) is -0.114. The van der Waals surface area contributed by atoms with E-state index in [-0.39, 0.29) is 17.3 Å². The van der Waals surface area contributed by atoms with Gasteiger partial charge in [0.1, 0.15) is 12.0 Å². The Morgan fingerprint density at radius 2 is 1.57 bits per heavy atom. The fraction of sp³-hybridized carbons (Fsp3) is 0.115. The van der Waals surface area contributed by atoms with Gasteiger partial charge in [0.15, 0.2) is 11.6 Å². The average molecular weight is 543 g/mol. The predicted octanol–water partition coefficient (Wildman–Crippen LogP) is 7.84. The Balaban J connectivity index is 1.58. The van der Waals surface area contributed by atoms with E-state index in [1.165, 1.54) is 18.5 Å². The number of alkyl halides is 3. The molecule has 0 aliphatic heterocycles. The van der Waals surface area contributed by atoms with Crippen LogP contribution in [-0.4, -0.2) is 9.97 Å². The minimum Gasteiger partial charge on any atom is -0.393 e. The molecular formula is C26H19Cl2F3N6. The molecule has 0 spiro atoms. The first-order valence-corrected chi connectivity index (χ1v) is 11.6. The molecule has 0 saturated heterocycles. The Labute approximate surface area is 220 Å². The van der Waals surface area contributed by atoms with Crippen LogP contribution < -0.4 is 16.4 Å². The summed E-state index contributed by atoms with van der Waals surface area (Å²) in [5, 5.41) is 16.8. The SMILES string of the molecule is Cc1cc(C(C#N)c2ccc(Cl)cc2)c(Cl)cc1Nc1ncnc(Nc2ccc(C(F)(F)F)cc2)c1N. The van der Waals surface area contributed by atoms with Gasteiger partial charge in [0.05, 0.1) is 17.6 Å². The van der Waals surface area contributed by atoms with Gasteiger partial charge in [-0.25, -0.2) is 9.97 Å². The van der Waals surface area contributed by atoms with Gasteiger partial charge >= 0.3 is 6.18 Å². The van der Waals surface area contributed by atoms with Crippen molar-refractivity contribution in [2.45, 2.75) is 19.0 Å². The van der Waals surface area contributed by atoms with E-state index in [0.717, 1.165) is 23.3 Å². The summed E-state index contributed by atoms with van der Waals surface area (Å²) >= 11 is 12.5. The third-order valence-corrected chi connectivity index (χ3v) is 6.18.